The first-order chi connectivity index (χ1) is 10.9. The normalized spacial score (nSPS) is 10.0. The Kier molecular flexibility index (Phi) is 4.91. The topological polar surface area (TPSA) is 66.1 Å². The zero-order valence-electron chi connectivity index (χ0n) is 12.9. The highest BCUT2D eigenvalue weighted by Crippen LogP contribution is 2.25. The lowest BCUT2D eigenvalue weighted by Crippen LogP contribution is -1.92. The fraction of sp³-hybridized carbons (Fsp3) is 0.111. The molecule has 0 spiro atoms. The molecule has 0 aliphatic rings. The van der Waals surface area contributed by atoms with Crippen molar-refractivity contribution in [3.63, 3.8) is 0 Å². The van der Waals surface area contributed by atoms with Crippen molar-refractivity contribution >= 4 is 22.6 Å². The van der Waals surface area contributed by atoms with Crippen molar-refractivity contribution in [1.82, 2.24) is 4.57 Å². The van der Waals surface area contributed by atoms with Gasteiger partial charge in [-0.25, -0.2) is 4.39 Å². The quantitative estimate of drug-likeness (QED) is 0.695. The van der Waals surface area contributed by atoms with Crippen LogP contribution in [-0.4, -0.2) is 21.4 Å². The number of hydrogen-bond donors (Lipinski definition) is 2. The Labute approximate surface area is 133 Å². The minimum Gasteiger partial charge on any atom is -0.481 e. The molecule has 0 unspecified atom stereocenters. The summed E-state index contributed by atoms with van der Waals surface area (Å²) in [5.74, 6) is -1.08. The number of carboxylic acids is 1. The smallest absolute Gasteiger partial charge is 0.300 e. The fourth-order valence-electron chi connectivity index (χ4n) is 2.29. The molecule has 118 valence electrons. The van der Waals surface area contributed by atoms with Gasteiger partial charge in [0.25, 0.3) is 5.97 Å². The van der Waals surface area contributed by atoms with Crippen LogP contribution in [0.4, 0.5) is 4.39 Å². The Balaban J connectivity index is 0.000000433. The summed E-state index contributed by atoms with van der Waals surface area (Å²) >= 11 is 0. The molecule has 3 aromatic rings. The van der Waals surface area contributed by atoms with E-state index in [-0.39, 0.29) is 5.82 Å². The third-order valence-corrected chi connectivity index (χ3v) is 3.22. The highest BCUT2D eigenvalue weighted by atomic mass is 19.1. The van der Waals surface area contributed by atoms with Crippen LogP contribution in [0.15, 0.2) is 54.7 Å². The number of nitrogens with zero attached hydrogens (tertiary/aromatic N) is 1. The summed E-state index contributed by atoms with van der Waals surface area (Å²) in [6, 6.07) is 14.3. The van der Waals surface area contributed by atoms with Crippen LogP contribution in [0.1, 0.15) is 19.4 Å². The number of nitrogens with one attached hydrogen (secondary N) is 1. The molecule has 23 heavy (non-hydrogen) atoms. The second-order valence-corrected chi connectivity index (χ2v) is 5.05. The van der Waals surface area contributed by atoms with Gasteiger partial charge in [-0.3, -0.25) is 4.79 Å². The lowest BCUT2D eigenvalue weighted by molar-refractivity contribution is -0.134. The minimum atomic E-state index is -0.833. The molecular weight excluding hydrogens is 295 g/mol. The Bertz CT molecular complexity index is 847. The van der Waals surface area contributed by atoms with Gasteiger partial charge in [0, 0.05) is 35.5 Å². The predicted octanol–water partition coefficient (Wildman–Crippen LogP) is 4.25. The largest absolute Gasteiger partial charge is 0.481 e. The number of rotatable bonds is 2. The maximum atomic E-state index is 13.0. The summed E-state index contributed by atoms with van der Waals surface area (Å²) in [6.45, 7) is 2.86. The SMILES string of the molecule is CC(=N)c1cn(-c2ccc(F)cc2)c2ccccc12.CC(=O)O. The molecule has 0 aliphatic heterocycles. The summed E-state index contributed by atoms with van der Waals surface area (Å²) in [5, 5.41) is 16.3. The molecule has 2 N–H and O–H groups in total. The third-order valence-electron chi connectivity index (χ3n) is 3.22. The zero-order chi connectivity index (χ0) is 17.0. The molecule has 0 saturated heterocycles. The summed E-state index contributed by atoms with van der Waals surface area (Å²) in [6.07, 6.45) is 1.93. The molecule has 0 radical (unpaired) electrons. The number of para-hydroxylation sites is 1. The number of benzene rings is 2. The van der Waals surface area contributed by atoms with Crippen molar-refractivity contribution in [2.75, 3.05) is 0 Å². The monoisotopic (exact) mass is 312 g/mol. The molecule has 0 atom stereocenters. The zero-order valence-corrected chi connectivity index (χ0v) is 12.9. The van der Waals surface area contributed by atoms with Crippen molar-refractivity contribution in [2.45, 2.75) is 13.8 Å². The molecule has 0 amide bonds. The summed E-state index contributed by atoms with van der Waals surface area (Å²) in [5.41, 5.74) is 3.35. The number of halogens is 1. The second-order valence-electron chi connectivity index (χ2n) is 5.05. The van der Waals surface area contributed by atoms with E-state index in [0.29, 0.717) is 5.71 Å². The summed E-state index contributed by atoms with van der Waals surface area (Å²) < 4.78 is 15.0. The maximum absolute atomic E-state index is 13.0. The highest BCUT2D eigenvalue weighted by molar-refractivity contribution is 6.08. The van der Waals surface area contributed by atoms with Gasteiger partial charge in [-0.1, -0.05) is 18.2 Å². The van der Waals surface area contributed by atoms with Crippen LogP contribution in [0.5, 0.6) is 0 Å². The van der Waals surface area contributed by atoms with Crippen LogP contribution in [0.25, 0.3) is 16.6 Å². The molecule has 1 aromatic heterocycles. The first kappa shape index (κ1) is 16.4. The fourth-order valence-corrected chi connectivity index (χ4v) is 2.29. The van der Waals surface area contributed by atoms with Crippen molar-refractivity contribution < 1.29 is 14.3 Å². The van der Waals surface area contributed by atoms with E-state index in [1.54, 1.807) is 19.1 Å². The van der Waals surface area contributed by atoms with Gasteiger partial charge < -0.3 is 15.1 Å². The third kappa shape index (κ3) is 3.83. The Morgan fingerprint density at radius 3 is 2.22 bits per heavy atom. The Morgan fingerprint density at radius 2 is 1.65 bits per heavy atom. The standard InChI is InChI=1S/C16H13FN2.C2H4O2/c1-11(18)15-10-19(13-8-6-12(17)7-9-13)16-5-3-2-4-14(15)16;1-2(3)4/h2-10,18H,1H3;1H3,(H,3,4). The highest BCUT2D eigenvalue weighted by Gasteiger charge is 2.10. The van der Waals surface area contributed by atoms with Gasteiger partial charge in [-0.15, -0.1) is 0 Å². The van der Waals surface area contributed by atoms with Crippen LogP contribution < -0.4 is 0 Å². The van der Waals surface area contributed by atoms with E-state index in [9.17, 15) is 4.39 Å². The van der Waals surface area contributed by atoms with Crippen molar-refractivity contribution in [2.24, 2.45) is 0 Å². The average molecular weight is 312 g/mol. The number of hydrogen-bond acceptors (Lipinski definition) is 2. The summed E-state index contributed by atoms with van der Waals surface area (Å²) in [7, 11) is 0. The van der Waals surface area contributed by atoms with Crippen LogP contribution in [0, 0.1) is 11.2 Å². The van der Waals surface area contributed by atoms with E-state index >= 15 is 0 Å². The predicted molar refractivity (Wildman–Crippen MR) is 89.0 cm³/mol. The molecule has 4 nitrogen and oxygen atoms in total. The molecule has 2 aromatic carbocycles. The number of carboxylic acid groups (broad SMARTS) is 1. The molecule has 0 saturated carbocycles. The van der Waals surface area contributed by atoms with Crippen molar-refractivity contribution in [3.8, 4) is 5.69 Å². The number of aliphatic carboxylic acids is 1. The molecule has 0 bridgehead atoms. The number of carbonyl (C=O) groups is 1. The van der Waals surface area contributed by atoms with Crippen LogP contribution in [-0.2, 0) is 4.79 Å². The van der Waals surface area contributed by atoms with Gasteiger partial charge in [-0.2, -0.15) is 0 Å². The molecule has 0 fully saturated rings. The van der Waals surface area contributed by atoms with Gasteiger partial charge in [0.05, 0.1) is 5.52 Å². The van der Waals surface area contributed by atoms with Crippen LogP contribution in [0.3, 0.4) is 0 Å². The summed E-state index contributed by atoms with van der Waals surface area (Å²) in [4.78, 5) is 9.00. The first-order valence-electron chi connectivity index (χ1n) is 7.01. The molecule has 1 heterocycles. The Hall–Kier alpha value is -2.95. The van der Waals surface area contributed by atoms with E-state index in [4.69, 9.17) is 15.3 Å². The maximum Gasteiger partial charge on any atom is 0.300 e. The van der Waals surface area contributed by atoms with E-state index in [2.05, 4.69) is 0 Å². The Morgan fingerprint density at radius 1 is 1.09 bits per heavy atom. The van der Waals surface area contributed by atoms with Gasteiger partial charge in [0.2, 0.25) is 0 Å². The van der Waals surface area contributed by atoms with Gasteiger partial charge in [-0.05, 0) is 37.3 Å². The number of fused-ring (bicyclic) bond motifs is 1. The molecule has 0 aliphatic carbocycles. The molecule has 5 heteroatoms. The average Bonchev–Trinajstić information content (AvgIpc) is 2.87. The minimum absolute atomic E-state index is 0.247. The first-order valence-corrected chi connectivity index (χ1v) is 7.01. The van der Waals surface area contributed by atoms with Gasteiger partial charge in [0.1, 0.15) is 5.82 Å². The van der Waals surface area contributed by atoms with E-state index < -0.39 is 5.97 Å². The lowest BCUT2D eigenvalue weighted by Gasteiger charge is -2.04. The second kappa shape index (κ2) is 6.87. The lowest BCUT2D eigenvalue weighted by atomic mass is 10.1. The molecular formula is C18H17FN2O2. The van der Waals surface area contributed by atoms with Crippen LogP contribution >= 0.6 is 0 Å². The van der Waals surface area contributed by atoms with E-state index in [1.807, 2.05) is 35.0 Å². The van der Waals surface area contributed by atoms with Gasteiger partial charge >= 0.3 is 0 Å². The van der Waals surface area contributed by atoms with E-state index in [0.717, 1.165) is 29.1 Å². The van der Waals surface area contributed by atoms with Crippen molar-refractivity contribution in [1.29, 1.82) is 5.41 Å². The molecule has 3 rings (SSSR count). The van der Waals surface area contributed by atoms with Gasteiger partial charge in [0.15, 0.2) is 0 Å². The van der Waals surface area contributed by atoms with Crippen molar-refractivity contribution in [3.05, 3.63) is 66.1 Å². The number of aromatic nitrogens is 1. The van der Waals surface area contributed by atoms with E-state index in [1.165, 1.54) is 12.1 Å². The van der Waals surface area contributed by atoms with Crippen LogP contribution in [0.2, 0.25) is 0 Å².